The molecule has 4 atom stereocenters. The molecule has 0 aromatic heterocycles. The van der Waals surface area contributed by atoms with E-state index in [-0.39, 0.29) is 18.2 Å². The summed E-state index contributed by atoms with van der Waals surface area (Å²) in [5.74, 6) is -2.02. The van der Waals surface area contributed by atoms with Crippen LogP contribution in [-0.4, -0.2) is 91.6 Å². The van der Waals surface area contributed by atoms with Gasteiger partial charge in [-0.25, -0.2) is 4.79 Å². The number of halogens is 3. The molecule has 1 heterocycles. The largest absolute Gasteiger partial charge is 0.490 e. The van der Waals surface area contributed by atoms with Crippen molar-refractivity contribution in [3.8, 4) is 0 Å². The van der Waals surface area contributed by atoms with Crippen molar-refractivity contribution in [3.63, 3.8) is 0 Å². The highest BCUT2D eigenvalue weighted by Gasteiger charge is 2.45. The Labute approximate surface area is 174 Å². The minimum absolute atomic E-state index is 0.0639. The number of carbonyl (C=O) groups excluding carboxylic acids is 1. The predicted octanol–water partition coefficient (Wildman–Crippen LogP) is 2.31. The van der Waals surface area contributed by atoms with Gasteiger partial charge in [0.05, 0.1) is 25.4 Å². The van der Waals surface area contributed by atoms with Gasteiger partial charge >= 0.3 is 12.1 Å². The maximum absolute atomic E-state index is 12.7. The molecule has 1 N–H and O–H groups in total. The number of likely N-dealkylation sites (N-methyl/N-ethyl adjacent to an activating group) is 1. The summed E-state index contributed by atoms with van der Waals surface area (Å²) in [4.78, 5) is 25.8. The fourth-order valence-corrected chi connectivity index (χ4v) is 4.00. The molecule has 2 fully saturated rings. The van der Waals surface area contributed by atoms with Gasteiger partial charge in [-0.1, -0.05) is 12.2 Å². The van der Waals surface area contributed by atoms with Crippen LogP contribution in [0.5, 0.6) is 0 Å². The Hall–Kier alpha value is -1.65. The third-order valence-corrected chi connectivity index (χ3v) is 5.52. The molecule has 3 aliphatic rings. The van der Waals surface area contributed by atoms with Crippen molar-refractivity contribution in [2.24, 2.45) is 5.92 Å². The second kappa shape index (κ2) is 11.1. The maximum atomic E-state index is 12.7. The number of ether oxygens (including phenoxy) is 2. The topological polar surface area (TPSA) is 79.3 Å². The molecule has 0 radical (unpaired) electrons. The number of carboxylic acid groups (broad SMARTS) is 1. The molecule has 1 saturated heterocycles. The Balaban J connectivity index is 0.000000396. The molecule has 30 heavy (non-hydrogen) atoms. The van der Waals surface area contributed by atoms with Gasteiger partial charge in [0, 0.05) is 19.5 Å². The molecule has 1 saturated carbocycles. The van der Waals surface area contributed by atoms with Crippen LogP contribution in [0.25, 0.3) is 0 Å². The minimum Gasteiger partial charge on any atom is -0.475 e. The first kappa shape index (κ1) is 24.6. The molecular weight excluding hydrogens is 405 g/mol. The first-order valence-corrected chi connectivity index (χ1v) is 10.2. The lowest BCUT2D eigenvalue weighted by Gasteiger charge is -2.39. The Kier molecular flexibility index (Phi) is 9.11. The molecule has 10 heteroatoms. The Morgan fingerprint density at radius 2 is 1.97 bits per heavy atom. The number of aliphatic carboxylic acids is 1. The zero-order valence-electron chi connectivity index (χ0n) is 17.4. The van der Waals surface area contributed by atoms with Crippen LogP contribution in [0, 0.1) is 5.92 Å². The molecule has 1 unspecified atom stereocenters. The van der Waals surface area contributed by atoms with Crippen molar-refractivity contribution in [1.29, 1.82) is 0 Å². The number of allylic oxidation sites excluding steroid dienone is 2. The van der Waals surface area contributed by atoms with E-state index in [9.17, 15) is 18.0 Å². The number of hydrogen-bond donors (Lipinski definition) is 1. The molecule has 2 aliphatic carbocycles. The van der Waals surface area contributed by atoms with E-state index in [0.29, 0.717) is 24.9 Å². The zero-order chi connectivity index (χ0) is 22.3. The molecule has 7 nitrogen and oxygen atoms in total. The van der Waals surface area contributed by atoms with Crippen LogP contribution in [0.1, 0.15) is 32.1 Å². The van der Waals surface area contributed by atoms with E-state index >= 15 is 0 Å². The van der Waals surface area contributed by atoms with Crippen LogP contribution < -0.4 is 0 Å². The van der Waals surface area contributed by atoms with Crippen LogP contribution in [0.2, 0.25) is 0 Å². The quantitative estimate of drug-likeness (QED) is 0.644. The number of alkyl halides is 3. The summed E-state index contributed by atoms with van der Waals surface area (Å²) in [5.41, 5.74) is 0. The lowest BCUT2D eigenvalue weighted by atomic mass is 10.0. The number of carbonyl (C=O) groups is 2. The molecule has 0 spiro atoms. The number of hydrogen-bond acceptors (Lipinski definition) is 5. The summed E-state index contributed by atoms with van der Waals surface area (Å²) in [7, 11) is 4.10. The van der Waals surface area contributed by atoms with Crippen molar-refractivity contribution in [2.75, 3.05) is 40.4 Å². The average molecular weight is 436 g/mol. The molecular formula is C20H31F3N2O5. The predicted molar refractivity (Wildman–Crippen MR) is 103 cm³/mol. The lowest BCUT2D eigenvalue weighted by molar-refractivity contribution is -0.192. The van der Waals surface area contributed by atoms with Crippen LogP contribution in [-0.2, 0) is 19.1 Å². The molecule has 172 valence electrons. The molecule has 0 aromatic carbocycles. The monoisotopic (exact) mass is 436 g/mol. The van der Waals surface area contributed by atoms with Crippen LogP contribution in [0.15, 0.2) is 12.2 Å². The molecule has 1 aliphatic heterocycles. The summed E-state index contributed by atoms with van der Waals surface area (Å²) >= 11 is 0. The smallest absolute Gasteiger partial charge is 0.475 e. The van der Waals surface area contributed by atoms with E-state index in [2.05, 4.69) is 36.0 Å². The SMILES string of the molecule is CN(C)CCO[C@@H]1CC[C@H]2[C@H]1OCCN2C(=O)CC1C=CCC1.O=C(O)C(F)(F)F. The van der Waals surface area contributed by atoms with Crippen molar-refractivity contribution >= 4 is 11.9 Å². The van der Waals surface area contributed by atoms with E-state index in [1.54, 1.807) is 0 Å². The maximum Gasteiger partial charge on any atom is 0.490 e. The third kappa shape index (κ3) is 7.24. The normalized spacial score (nSPS) is 28.3. The number of carboxylic acids is 1. The summed E-state index contributed by atoms with van der Waals surface area (Å²) in [6, 6.07) is 0.214. The number of morpholine rings is 1. The number of amides is 1. The Morgan fingerprint density at radius 3 is 2.53 bits per heavy atom. The van der Waals surface area contributed by atoms with Crippen molar-refractivity contribution in [3.05, 3.63) is 12.2 Å². The summed E-state index contributed by atoms with van der Waals surface area (Å²) in [5, 5.41) is 7.12. The summed E-state index contributed by atoms with van der Waals surface area (Å²) in [6.45, 7) is 3.03. The summed E-state index contributed by atoms with van der Waals surface area (Å²) in [6.07, 6.45) is 4.43. The van der Waals surface area contributed by atoms with Crippen LogP contribution in [0.3, 0.4) is 0 Å². The Morgan fingerprint density at radius 1 is 1.27 bits per heavy atom. The van der Waals surface area contributed by atoms with E-state index in [1.165, 1.54) is 0 Å². The molecule has 0 bridgehead atoms. The fraction of sp³-hybridized carbons (Fsp3) is 0.800. The van der Waals surface area contributed by atoms with Crippen molar-refractivity contribution < 1.29 is 37.3 Å². The van der Waals surface area contributed by atoms with Crippen LogP contribution in [0.4, 0.5) is 13.2 Å². The van der Waals surface area contributed by atoms with Gasteiger partial charge in [0.25, 0.3) is 0 Å². The zero-order valence-corrected chi connectivity index (χ0v) is 17.4. The Bertz CT molecular complexity index is 612. The van der Waals surface area contributed by atoms with Gasteiger partial charge in [-0.15, -0.1) is 0 Å². The van der Waals surface area contributed by atoms with E-state index in [4.69, 9.17) is 19.4 Å². The van der Waals surface area contributed by atoms with Gasteiger partial charge in [0.2, 0.25) is 5.91 Å². The van der Waals surface area contributed by atoms with E-state index in [0.717, 1.165) is 45.4 Å². The first-order valence-electron chi connectivity index (χ1n) is 10.2. The highest BCUT2D eigenvalue weighted by Crippen LogP contribution is 2.33. The highest BCUT2D eigenvalue weighted by molar-refractivity contribution is 5.77. The lowest BCUT2D eigenvalue weighted by Crippen LogP contribution is -2.54. The van der Waals surface area contributed by atoms with E-state index < -0.39 is 12.1 Å². The number of fused-ring (bicyclic) bond motifs is 1. The van der Waals surface area contributed by atoms with Crippen molar-refractivity contribution in [2.45, 2.75) is 56.5 Å². The van der Waals surface area contributed by atoms with Gasteiger partial charge in [-0.05, 0) is 45.7 Å². The third-order valence-electron chi connectivity index (χ3n) is 5.52. The summed E-state index contributed by atoms with van der Waals surface area (Å²) < 4.78 is 43.7. The van der Waals surface area contributed by atoms with Gasteiger partial charge in [0.15, 0.2) is 0 Å². The second-order valence-electron chi connectivity index (χ2n) is 8.05. The first-order chi connectivity index (χ1) is 14.1. The fourth-order valence-electron chi connectivity index (χ4n) is 4.00. The van der Waals surface area contributed by atoms with E-state index in [1.807, 2.05) is 0 Å². The molecule has 3 rings (SSSR count). The van der Waals surface area contributed by atoms with Crippen LogP contribution >= 0.6 is 0 Å². The highest BCUT2D eigenvalue weighted by atomic mass is 19.4. The minimum atomic E-state index is -5.08. The van der Waals surface area contributed by atoms with Crippen molar-refractivity contribution in [1.82, 2.24) is 9.80 Å². The van der Waals surface area contributed by atoms with Gasteiger partial charge in [-0.3, -0.25) is 4.79 Å². The van der Waals surface area contributed by atoms with Gasteiger partial charge < -0.3 is 24.4 Å². The molecule has 0 aromatic rings. The standard InChI is InChI=1S/C18H30N2O3.C2HF3O2/c1-19(2)9-11-22-16-8-7-15-18(16)23-12-10-20(15)17(21)13-14-5-3-4-6-14;3-2(4,5)1(6)7/h3,5,14-16,18H,4,6-13H2,1-2H3;(H,6,7)/t14?,15-,16+,18+;/m0./s1. The number of rotatable bonds is 6. The number of nitrogens with zero attached hydrogens (tertiary/aromatic N) is 2. The molecule has 1 amide bonds. The average Bonchev–Trinajstić information content (AvgIpc) is 3.31. The second-order valence-corrected chi connectivity index (χ2v) is 8.05. The van der Waals surface area contributed by atoms with Gasteiger partial charge in [-0.2, -0.15) is 13.2 Å². The van der Waals surface area contributed by atoms with Gasteiger partial charge in [0.1, 0.15) is 6.10 Å².